The minimum atomic E-state index is -0.201. The molecule has 0 saturated carbocycles. The van der Waals surface area contributed by atoms with Gasteiger partial charge in [0, 0.05) is 35.3 Å². The fraction of sp³-hybridized carbons (Fsp3) is 0.208. The van der Waals surface area contributed by atoms with Crippen molar-refractivity contribution in [1.29, 1.82) is 0 Å². The van der Waals surface area contributed by atoms with Gasteiger partial charge in [0.2, 0.25) is 5.91 Å². The van der Waals surface area contributed by atoms with Crippen molar-refractivity contribution in [3.8, 4) is 22.4 Å². The molecule has 8 nitrogen and oxygen atoms in total. The summed E-state index contributed by atoms with van der Waals surface area (Å²) in [7, 11) is 0. The van der Waals surface area contributed by atoms with Gasteiger partial charge < -0.3 is 5.32 Å². The predicted molar refractivity (Wildman–Crippen MR) is 130 cm³/mol. The third-order valence-electron chi connectivity index (χ3n) is 5.48. The number of anilines is 1. The largest absolute Gasteiger partial charge is 0.300 e. The number of aromatic nitrogens is 6. The summed E-state index contributed by atoms with van der Waals surface area (Å²) < 4.78 is 3.53. The van der Waals surface area contributed by atoms with Crippen LogP contribution in [-0.4, -0.2) is 35.4 Å². The lowest BCUT2D eigenvalue weighted by molar-refractivity contribution is -0.116. The minimum absolute atomic E-state index is 0.0529. The molecule has 1 amide bonds. The van der Waals surface area contributed by atoms with Gasteiger partial charge in [-0.3, -0.25) is 9.48 Å². The first kappa shape index (κ1) is 21.0. The van der Waals surface area contributed by atoms with Crippen LogP contribution in [0.15, 0.2) is 54.2 Å². The molecule has 0 saturated heterocycles. The van der Waals surface area contributed by atoms with Crippen molar-refractivity contribution >= 4 is 33.4 Å². The first-order chi connectivity index (χ1) is 16.0. The highest BCUT2D eigenvalue weighted by molar-refractivity contribution is 7.14. The molecular weight excluding hydrogens is 434 g/mol. The van der Waals surface area contributed by atoms with E-state index in [1.54, 1.807) is 10.9 Å². The van der Waals surface area contributed by atoms with Gasteiger partial charge in [0.15, 0.2) is 10.8 Å². The van der Waals surface area contributed by atoms with Gasteiger partial charge in [-0.25, -0.2) is 14.6 Å². The molecule has 5 aromatic rings. The number of hydrogen-bond acceptors (Lipinski definition) is 6. The molecule has 4 heterocycles. The third-order valence-corrected chi connectivity index (χ3v) is 6.24. The van der Waals surface area contributed by atoms with Crippen LogP contribution in [0.1, 0.15) is 18.3 Å². The summed E-state index contributed by atoms with van der Waals surface area (Å²) in [5.74, 6) is -0.201. The van der Waals surface area contributed by atoms with Crippen molar-refractivity contribution in [2.24, 2.45) is 0 Å². The van der Waals surface area contributed by atoms with Crippen LogP contribution in [0, 0.1) is 13.8 Å². The monoisotopic (exact) mass is 457 g/mol. The molecule has 0 unspecified atom stereocenters. The Kier molecular flexibility index (Phi) is 5.47. The Bertz CT molecular complexity index is 1450. The second kappa shape index (κ2) is 8.59. The molecule has 0 spiro atoms. The molecule has 0 aliphatic rings. The Morgan fingerprint density at radius 1 is 1.06 bits per heavy atom. The van der Waals surface area contributed by atoms with E-state index in [0.29, 0.717) is 10.8 Å². The number of benzene rings is 1. The highest BCUT2D eigenvalue weighted by atomic mass is 32.1. The number of carbonyl (C=O) groups excluding carboxylic acids is 1. The maximum Gasteiger partial charge on any atom is 0.247 e. The highest BCUT2D eigenvalue weighted by Crippen LogP contribution is 2.30. The lowest BCUT2D eigenvalue weighted by Gasteiger charge is -2.05. The van der Waals surface area contributed by atoms with Gasteiger partial charge in [-0.15, -0.1) is 11.3 Å². The molecule has 0 aliphatic heterocycles. The smallest absolute Gasteiger partial charge is 0.247 e. The number of nitrogens with zero attached hydrogens (tertiary/aromatic N) is 6. The molecule has 4 aromatic heterocycles. The fourth-order valence-electron chi connectivity index (χ4n) is 3.93. The third kappa shape index (κ3) is 4.03. The van der Waals surface area contributed by atoms with Crippen LogP contribution in [0.25, 0.3) is 33.4 Å². The second-order valence-electron chi connectivity index (χ2n) is 7.74. The maximum absolute atomic E-state index is 12.8. The maximum atomic E-state index is 12.8. The number of nitrogens with one attached hydrogen (secondary N) is 1. The van der Waals surface area contributed by atoms with Crippen molar-refractivity contribution in [1.82, 2.24) is 29.5 Å². The molecular formula is C24H23N7OS. The van der Waals surface area contributed by atoms with Crippen molar-refractivity contribution in [3.05, 3.63) is 65.6 Å². The van der Waals surface area contributed by atoms with E-state index in [1.807, 2.05) is 61.3 Å². The molecule has 0 atom stereocenters. The fourth-order valence-corrected chi connectivity index (χ4v) is 4.66. The summed E-state index contributed by atoms with van der Waals surface area (Å²) in [5, 5.41) is 15.4. The van der Waals surface area contributed by atoms with E-state index in [9.17, 15) is 4.79 Å². The van der Waals surface area contributed by atoms with E-state index in [2.05, 4.69) is 37.6 Å². The van der Waals surface area contributed by atoms with E-state index in [-0.39, 0.29) is 12.5 Å². The SMILES string of the molecule is CCn1cc(-c2csc(NC(=O)Cn3nc(C)c4c(-c5ccccc5)ccnc43)n2)c(C)n1. The molecule has 0 radical (unpaired) electrons. The number of hydrogen-bond donors (Lipinski definition) is 1. The van der Waals surface area contributed by atoms with Crippen molar-refractivity contribution < 1.29 is 4.79 Å². The summed E-state index contributed by atoms with van der Waals surface area (Å²) in [6.07, 6.45) is 3.73. The second-order valence-corrected chi connectivity index (χ2v) is 8.59. The standard InChI is InChI=1S/C24H23N7OS/c1-4-30-12-19(15(2)28-30)20-14-33-24(26-20)27-21(32)13-31-23-22(16(3)29-31)18(10-11-25-23)17-8-6-5-7-9-17/h5-12,14H,4,13H2,1-3H3,(H,26,27,32). The van der Waals surface area contributed by atoms with E-state index in [0.717, 1.165) is 45.7 Å². The van der Waals surface area contributed by atoms with Crippen LogP contribution in [0.2, 0.25) is 0 Å². The minimum Gasteiger partial charge on any atom is -0.300 e. The quantitative estimate of drug-likeness (QED) is 0.399. The zero-order chi connectivity index (χ0) is 22.9. The lowest BCUT2D eigenvalue weighted by Crippen LogP contribution is -2.19. The Labute approximate surface area is 194 Å². The number of carbonyl (C=O) groups is 1. The van der Waals surface area contributed by atoms with E-state index in [4.69, 9.17) is 0 Å². The van der Waals surface area contributed by atoms with Gasteiger partial charge in [0.1, 0.15) is 6.54 Å². The molecule has 166 valence electrons. The van der Waals surface area contributed by atoms with Crippen LogP contribution in [-0.2, 0) is 17.9 Å². The number of amides is 1. The summed E-state index contributed by atoms with van der Waals surface area (Å²) in [4.78, 5) is 21.9. The number of pyridine rings is 1. The number of rotatable bonds is 6. The zero-order valence-electron chi connectivity index (χ0n) is 18.6. The van der Waals surface area contributed by atoms with E-state index < -0.39 is 0 Å². The van der Waals surface area contributed by atoms with Crippen molar-refractivity contribution in [2.45, 2.75) is 33.9 Å². The Balaban J connectivity index is 1.37. The Morgan fingerprint density at radius 2 is 1.88 bits per heavy atom. The molecule has 33 heavy (non-hydrogen) atoms. The molecule has 0 aliphatic carbocycles. The highest BCUT2D eigenvalue weighted by Gasteiger charge is 2.17. The number of thiazole rings is 1. The first-order valence-corrected chi connectivity index (χ1v) is 11.6. The normalized spacial score (nSPS) is 11.2. The topological polar surface area (TPSA) is 90.5 Å². The van der Waals surface area contributed by atoms with Gasteiger partial charge in [-0.2, -0.15) is 10.2 Å². The first-order valence-electron chi connectivity index (χ1n) is 10.7. The van der Waals surface area contributed by atoms with E-state index >= 15 is 0 Å². The van der Waals surface area contributed by atoms with Gasteiger partial charge in [-0.1, -0.05) is 30.3 Å². The van der Waals surface area contributed by atoms with Gasteiger partial charge >= 0.3 is 0 Å². The zero-order valence-corrected chi connectivity index (χ0v) is 19.4. The van der Waals surface area contributed by atoms with Crippen LogP contribution in [0.5, 0.6) is 0 Å². The van der Waals surface area contributed by atoms with Gasteiger partial charge in [-0.05, 0) is 38.0 Å². The van der Waals surface area contributed by atoms with Crippen molar-refractivity contribution in [2.75, 3.05) is 5.32 Å². The molecule has 0 fully saturated rings. The van der Waals surface area contributed by atoms with Crippen LogP contribution < -0.4 is 5.32 Å². The summed E-state index contributed by atoms with van der Waals surface area (Å²) in [6.45, 7) is 6.79. The van der Waals surface area contributed by atoms with Crippen LogP contribution in [0.4, 0.5) is 5.13 Å². The van der Waals surface area contributed by atoms with Crippen LogP contribution in [0.3, 0.4) is 0 Å². The average Bonchev–Trinajstić information content (AvgIpc) is 3.52. The van der Waals surface area contributed by atoms with Gasteiger partial charge in [0.25, 0.3) is 0 Å². The Hall–Kier alpha value is -3.85. The lowest BCUT2D eigenvalue weighted by atomic mass is 10.0. The summed E-state index contributed by atoms with van der Waals surface area (Å²) in [5.41, 5.74) is 6.36. The number of fused-ring (bicyclic) bond motifs is 1. The summed E-state index contributed by atoms with van der Waals surface area (Å²) in [6, 6.07) is 12.1. The van der Waals surface area contributed by atoms with Crippen molar-refractivity contribution in [3.63, 3.8) is 0 Å². The Morgan fingerprint density at radius 3 is 2.64 bits per heavy atom. The number of aryl methyl sites for hydroxylation is 3. The molecule has 1 N–H and O–H groups in total. The van der Waals surface area contributed by atoms with Gasteiger partial charge in [0.05, 0.1) is 17.1 Å². The molecule has 1 aromatic carbocycles. The average molecular weight is 458 g/mol. The predicted octanol–water partition coefficient (Wildman–Crippen LogP) is 4.69. The molecule has 9 heteroatoms. The summed E-state index contributed by atoms with van der Waals surface area (Å²) >= 11 is 1.39. The molecule has 0 bridgehead atoms. The molecule has 5 rings (SSSR count). The van der Waals surface area contributed by atoms with Crippen LogP contribution >= 0.6 is 11.3 Å². The van der Waals surface area contributed by atoms with E-state index in [1.165, 1.54) is 11.3 Å².